The van der Waals surface area contributed by atoms with Crippen LogP contribution in [0.1, 0.15) is 11.4 Å². The van der Waals surface area contributed by atoms with E-state index in [0.717, 1.165) is 5.88 Å². The van der Waals surface area contributed by atoms with Gasteiger partial charge in [0.1, 0.15) is 0 Å². The Morgan fingerprint density at radius 2 is 2.29 bits per heavy atom. The number of thioether (sulfide) groups is 1. The average Bonchev–Trinajstić information content (AvgIpc) is 2.87. The normalized spacial score (nSPS) is 19.1. The first-order valence-electron chi connectivity index (χ1n) is 4.40. The molecule has 10 heteroatoms. The van der Waals surface area contributed by atoms with Gasteiger partial charge in [-0.25, -0.2) is 8.78 Å². The van der Waals surface area contributed by atoms with Gasteiger partial charge in [-0.3, -0.25) is 15.4 Å². The highest BCUT2D eigenvalue weighted by molar-refractivity contribution is 7.99. The van der Waals surface area contributed by atoms with Gasteiger partial charge in [0, 0.05) is 11.6 Å². The van der Waals surface area contributed by atoms with Crippen LogP contribution in [0.3, 0.4) is 0 Å². The van der Waals surface area contributed by atoms with Crippen LogP contribution in [0, 0.1) is 0 Å². The molecule has 1 amide bonds. The van der Waals surface area contributed by atoms with Crippen molar-refractivity contribution in [1.82, 2.24) is 15.5 Å². The number of carbonyl (C=O) groups is 1. The first kappa shape index (κ1) is 14.6. The standard InChI is InChI=1S/C7H8F2N4OS2.ClH/c8-4(9)6-12-13-7(16-6)11-5(14)3-1-15-2-10-3;/h3-4,10H,1-2H2,(H,11,13,14);1H. The number of carbonyl (C=O) groups excluding carboxylic acids is 1. The van der Waals surface area contributed by atoms with E-state index in [1.165, 1.54) is 0 Å². The van der Waals surface area contributed by atoms with Crippen molar-refractivity contribution < 1.29 is 13.6 Å². The summed E-state index contributed by atoms with van der Waals surface area (Å²) in [5, 5.41) is 11.9. The van der Waals surface area contributed by atoms with Crippen molar-refractivity contribution in [1.29, 1.82) is 0 Å². The van der Waals surface area contributed by atoms with E-state index >= 15 is 0 Å². The first-order chi connectivity index (χ1) is 7.66. The number of halogens is 3. The van der Waals surface area contributed by atoms with Crippen molar-refractivity contribution in [3.8, 4) is 0 Å². The number of anilines is 1. The Hall–Kier alpha value is -0.510. The van der Waals surface area contributed by atoms with Gasteiger partial charge in [-0.15, -0.1) is 34.4 Å². The quantitative estimate of drug-likeness (QED) is 0.886. The summed E-state index contributed by atoms with van der Waals surface area (Å²) in [6, 6.07) is -0.288. The fourth-order valence-corrected chi connectivity index (χ4v) is 2.67. The lowest BCUT2D eigenvalue weighted by atomic mass is 10.3. The van der Waals surface area contributed by atoms with Gasteiger partial charge in [-0.1, -0.05) is 11.3 Å². The number of nitrogens with zero attached hydrogens (tertiary/aromatic N) is 2. The number of hydrogen-bond acceptors (Lipinski definition) is 6. The van der Waals surface area contributed by atoms with Crippen LogP contribution in [0.4, 0.5) is 13.9 Å². The largest absolute Gasteiger partial charge is 0.299 e. The van der Waals surface area contributed by atoms with E-state index in [1.807, 2.05) is 0 Å². The summed E-state index contributed by atoms with van der Waals surface area (Å²) >= 11 is 2.30. The Morgan fingerprint density at radius 3 is 2.82 bits per heavy atom. The van der Waals surface area contributed by atoms with Crippen LogP contribution in [0.15, 0.2) is 0 Å². The molecule has 1 aromatic heterocycles. The summed E-state index contributed by atoms with van der Waals surface area (Å²) in [5.41, 5.74) is 0. The van der Waals surface area contributed by atoms with E-state index < -0.39 is 6.43 Å². The molecule has 0 spiro atoms. The molecule has 1 aliphatic heterocycles. The maximum absolute atomic E-state index is 12.2. The molecule has 96 valence electrons. The predicted molar refractivity (Wildman–Crippen MR) is 65.0 cm³/mol. The number of nitrogens with one attached hydrogen (secondary N) is 2. The van der Waals surface area contributed by atoms with Gasteiger partial charge in [0.2, 0.25) is 11.0 Å². The Morgan fingerprint density at radius 1 is 1.53 bits per heavy atom. The lowest BCUT2D eigenvalue weighted by Crippen LogP contribution is -2.37. The highest BCUT2D eigenvalue weighted by Crippen LogP contribution is 2.25. The van der Waals surface area contributed by atoms with Crippen molar-refractivity contribution in [2.24, 2.45) is 0 Å². The third kappa shape index (κ3) is 3.73. The monoisotopic (exact) mass is 302 g/mol. The van der Waals surface area contributed by atoms with Crippen molar-refractivity contribution in [3.63, 3.8) is 0 Å². The number of rotatable bonds is 3. The molecule has 0 aliphatic carbocycles. The second-order valence-corrected chi connectivity index (χ2v) is 5.05. The summed E-state index contributed by atoms with van der Waals surface area (Å²) in [6.45, 7) is 0. The minimum Gasteiger partial charge on any atom is -0.299 e. The van der Waals surface area contributed by atoms with E-state index in [2.05, 4.69) is 20.8 Å². The van der Waals surface area contributed by atoms with Crippen LogP contribution >= 0.6 is 35.5 Å². The summed E-state index contributed by atoms with van der Waals surface area (Å²) in [5.74, 6) is 1.13. The van der Waals surface area contributed by atoms with Crippen molar-refractivity contribution in [2.45, 2.75) is 12.5 Å². The second kappa shape index (κ2) is 6.43. The average molecular weight is 303 g/mol. The summed E-state index contributed by atoms with van der Waals surface area (Å²) in [7, 11) is 0. The van der Waals surface area contributed by atoms with E-state index in [9.17, 15) is 13.6 Å². The molecule has 1 unspecified atom stereocenters. The molecule has 0 aromatic carbocycles. The number of hydrogen-bond donors (Lipinski definition) is 2. The van der Waals surface area contributed by atoms with Crippen LogP contribution in [-0.2, 0) is 4.79 Å². The first-order valence-corrected chi connectivity index (χ1v) is 6.37. The second-order valence-electron chi connectivity index (χ2n) is 3.01. The Balaban J connectivity index is 0.00000144. The molecule has 0 bridgehead atoms. The van der Waals surface area contributed by atoms with Gasteiger partial charge < -0.3 is 0 Å². The maximum Gasteiger partial charge on any atom is 0.291 e. The highest BCUT2D eigenvalue weighted by Gasteiger charge is 2.24. The van der Waals surface area contributed by atoms with Gasteiger partial charge in [0.05, 0.1) is 6.04 Å². The zero-order chi connectivity index (χ0) is 11.5. The zero-order valence-electron chi connectivity index (χ0n) is 8.35. The fraction of sp³-hybridized carbons (Fsp3) is 0.571. The Labute approximate surface area is 110 Å². The molecule has 1 atom stereocenters. The van der Waals surface area contributed by atoms with E-state index in [0.29, 0.717) is 17.1 Å². The summed E-state index contributed by atoms with van der Waals surface area (Å²) < 4.78 is 24.4. The molecule has 2 heterocycles. The number of alkyl halides is 2. The molecule has 0 radical (unpaired) electrons. The molecule has 1 aromatic rings. The fourth-order valence-electron chi connectivity index (χ4n) is 1.13. The molecular weight excluding hydrogens is 294 g/mol. The maximum atomic E-state index is 12.2. The molecule has 2 N–H and O–H groups in total. The number of aromatic nitrogens is 2. The molecule has 1 aliphatic rings. The Kier molecular flexibility index (Phi) is 5.50. The van der Waals surface area contributed by atoms with Gasteiger partial charge in [0.15, 0.2) is 5.01 Å². The van der Waals surface area contributed by atoms with Gasteiger partial charge in [-0.05, 0) is 0 Å². The molecule has 17 heavy (non-hydrogen) atoms. The number of amides is 1. The molecule has 0 saturated carbocycles. The third-order valence-electron chi connectivity index (χ3n) is 1.89. The van der Waals surface area contributed by atoms with Crippen LogP contribution in [0.25, 0.3) is 0 Å². The molecule has 2 rings (SSSR count). The SMILES string of the molecule is Cl.O=C(Nc1nnc(C(F)F)s1)C1CSCN1. The molecular formula is C7H9ClF2N4OS2. The summed E-state index contributed by atoms with van der Waals surface area (Å²) in [4.78, 5) is 11.6. The zero-order valence-corrected chi connectivity index (χ0v) is 10.8. The van der Waals surface area contributed by atoms with E-state index in [4.69, 9.17) is 0 Å². The lowest BCUT2D eigenvalue weighted by molar-refractivity contribution is -0.117. The van der Waals surface area contributed by atoms with E-state index in [-0.39, 0.29) is 34.5 Å². The predicted octanol–water partition coefficient (Wildman–Crippen LogP) is 1.50. The van der Waals surface area contributed by atoms with Gasteiger partial charge in [-0.2, -0.15) is 0 Å². The molecule has 1 fully saturated rings. The topological polar surface area (TPSA) is 66.9 Å². The van der Waals surface area contributed by atoms with Crippen LogP contribution in [0.2, 0.25) is 0 Å². The van der Waals surface area contributed by atoms with Crippen LogP contribution in [0.5, 0.6) is 0 Å². The Bertz CT molecular complexity index is 386. The van der Waals surface area contributed by atoms with Crippen molar-refractivity contribution in [2.75, 3.05) is 16.9 Å². The lowest BCUT2D eigenvalue weighted by Gasteiger charge is -2.06. The highest BCUT2D eigenvalue weighted by atomic mass is 35.5. The molecule has 5 nitrogen and oxygen atoms in total. The van der Waals surface area contributed by atoms with E-state index in [1.54, 1.807) is 11.8 Å². The van der Waals surface area contributed by atoms with Crippen molar-refractivity contribution in [3.05, 3.63) is 5.01 Å². The van der Waals surface area contributed by atoms with Crippen LogP contribution < -0.4 is 10.6 Å². The minimum absolute atomic E-state index is 0. The van der Waals surface area contributed by atoms with Gasteiger partial charge in [0.25, 0.3) is 6.43 Å². The smallest absolute Gasteiger partial charge is 0.291 e. The van der Waals surface area contributed by atoms with Crippen molar-refractivity contribution >= 4 is 46.5 Å². The van der Waals surface area contributed by atoms with Crippen LogP contribution in [-0.4, -0.2) is 33.8 Å². The molecule has 1 saturated heterocycles. The summed E-state index contributed by atoms with van der Waals surface area (Å²) in [6.07, 6.45) is -2.65. The minimum atomic E-state index is -2.65. The third-order valence-corrected chi connectivity index (χ3v) is 3.68. The van der Waals surface area contributed by atoms with Gasteiger partial charge >= 0.3 is 0 Å².